The number of aliphatic carboxylic acids is 1. The molecule has 28 heavy (non-hydrogen) atoms. The summed E-state index contributed by atoms with van der Waals surface area (Å²) in [6, 6.07) is 4.46. The molecule has 0 radical (unpaired) electrons. The molecule has 0 saturated heterocycles. The van der Waals surface area contributed by atoms with E-state index in [-0.39, 0.29) is 18.6 Å². The van der Waals surface area contributed by atoms with Crippen molar-refractivity contribution in [1.29, 1.82) is 0 Å². The molecule has 0 heterocycles. The number of halogens is 1. The minimum atomic E-state index is -0.952. The van der Waals surface area contributed by atoms with Crippen LogP contribution in [0.15, 0.2) is 53.3 Å². The monoisotopic (exact) mass is 386 g/mol. The lowest BCUT2D eigenvalue weighted by molar-refractivity contribution is -0.135. The van der Waals surface area contributed by atoms with Gasteiger partial charge in [0.05, 0.1) is 13.5 Å². The van der Waals surface area contributed by atoms with Crippen molar-refractivity contribution in [3.63, 3.8) is 0 Å². The van der Waals surface area contributed by atoms with Crippen molar-refractivity contribution in [3.8, 4) is 0 Å². The highest BCUT2D eigenvalue weighted by molar-refractivity contribution is 6.03. The van der Waals surface area contributed by atoms with Gasteiger partial charge >= 0.3 is 5.97 Å². The first-order chi connectivity index (χ1) is 13.4. The van der Waals surface area contributed by atoms with Gasteiger partial charge in [0, 0.05) is 14.2 Å². The molecule has 2 unspecified atom stereocenters. The summed E-state index contributed by atoms with van der Waals surface area (Å²) >= 11 is 0. The second-order valence-electron chi connectivity index (χ2n) is 6.70. The maximum Gasteiger partial charge on any atom is 0.307 e. The molecule has 0 amide bonds. The summed E-state index contributed by atoms with van der Waals surface area (Å²) in [7, 11) is 4.76. The van der Waals surface area contributed by atoms with E-state index in [1.54, 1.807) is 27.4 Å². The maximum absolute atomic E-state index is 13.8. The quantitative estimate of drug-likeness (QED) is 0.801. The summed E-state index contributed by atoms with van der Waals surface area (Å²) in [6.07, 6.45) is 4.90. The van der Waals surface area contributed by atoms with E-state index in [0.29, 0.717) is 16.9 Å². The van der Waals surface area contributed by atoms with E-state index in [1.807, 2.05) is 25.2 Å². The average Bonchev–Trinajstić information content (AvgIpc) is 2.91. The highest BCUT2D eigenvalue weighted by atomic mass is 19.1. The molecule has 0 fully saturated rings. The zero-order chi connectivity index (χ0) is 20.4. The largest absolute Gasteiger partial charge is 0.498 e. The Balaban J connectivity index is 2.11. The van der Waals surface area contributed by atoms with Crippen LogP contribution in [0.25, 0.3) is 11.1 Å². The zero-order valence-electron chi connectivity index (χ0n) is 16.3. The second-order valence-corrected chi connectivity index (χ2v) is 6.70. The Bertz CT molecular complexity index is 923. The molecule has 2 atom stereocenters. The van der Waals surface area contributed by atoms with Crippen LogP contribution in [0.4, 0.5) is 4.39 Å². The Morgan fingerprint density at radius 1 is 1.21 bits per heavy atom. The molecule has 0 aliphatic heterocycles. The SMILES string of the molecule is COC1=CC(/C=C2/C(C)=C(CC(=O)O)c3cc(F)ccc32)=CC(OC)C1OC. The summed E-state index contributed by atoms with van der Waals surface area (Å²) in [6.45, 7) is 1.86. The van der Waals surface area contributed by atoms with Gasteiger partial charge in [-0.1, -0.05) is 6.07 Å². The molecule has 2 aliphatic carbocycles. The fraction of sp³-hybridized carbons (Fsp3) is 0.318. The van der Waals surface area contributed by atoms with Gasteiger partial charge in [-0.05, 0) is 70.7 Å². The molecule has 2 aliphatic rings. The van der Waals surface area contributed by atoms with E-state index in [1.165, 1.54) is 12.1 Å². The summed E-state index contributed by atoms with van der Waals surface area (Å²) < 4.78 is 30.2. The van der Waals surface area contributed by atoms with Crippen LogP contribution < -0.4 is 0 Å². The van der Waals surface area contributed by atoms with Crippen LogP contribution in [-0.2, 0) is 19.0 Å². The summed E-state index contributed by atoms with van der Waals surface area (Å²) in [5.41, 5.74) is 4.58. The number of benzene rings is 1. The third-order valence-electron chi connectivity index (χ3n) is 5.10. The highest BCUT2D eigenvalue weighted by Gasteiger charge is 2.30. The van der Waals surface area contributed by atoms with Crippen molar-refractivity contribution in [2.24, 2.45) is 0 Å². The second kappa shape index (κ2) is 8.12. The van der Waals surface area contributed by atoms with Crippen LogP contribution in [-0.4, -0.2) is 44.6 Å². The van der Waals surface area contributed by atoms with Gasteiger partial charge in [-0.15, -0.1) is 0 Å². The Morgan fingerprint density at radius 3 is 2.57 bits per heavy atom. The number of allylic oxidation sites excluding steroid dienone is 5. The predicted molar refractivity (Wildman–Crippen MR) is 104 cm³/mol. The minimum Gasteiger partial charge on any atom is -0.498 e. The number of fused-ring (bicyclic) bond motifs is 1. The lowest BCUT2D eigenvalue weighted by Gasteiger charge is -2.27. The van der Waals surface area contributed by atoms with Crippen LogP contribution in [0.2, 0.25) is 0 Å². The van der Waals surface area contributed by atoms with Gasteiger partial charge in [-0.3, -0.25) is 4.79 Å². The predicted octanol–water partition coefficient (Wildman–Crippen LogP) is 3.97. The Labute approximate surface area is 163 Å². The maximum atomic E-state index is 13.8. The number of ether oxygens (including phenoxy) is 3. The Kier molecular flexibility index (Phi) is 5.82. The zero-order valence-corrected chi connectivity index (χ0v) is 16.3. The summed E-state index contributed by atoms with van der Waals surface area (Å²) in [4.78, 5) is 11.3. The standard InChI is InChI=1S/C22H23FO5/c1-12-16(7-13-8-19(26-2)22(28-4)20(9-13)27-3)15-6-5-14(23)10-18(15)17(12)11-21(24)25/h5-10,19,22H,11H2,1-4H3,(H,24,25)/b16-7-. The topological polar surface area (TPSA) is 65.0 Å². The van der Waals surface area contributed by atoms with Gasteiger partial charge in [-0.25, -0.2) is 4.39 Å². The van der Waals surface area contributed by atoms with Gasteiger partial charge in [0.25, 0.3) is 0 Å². The molecule has 5 nitrogen and oxygen atoms in total. The van der Waals surface area contributed by atoms with Crippen molar-refractivity contribution in [3.05, 3.63) is 70.3 Å². The number of hydrogen-bond acceptors (Lipinski definition) is 4. The lowest BCUT2D eigenvalue weighted by Crippen LogP contribution is -2.33. The number of rotatable bonds is 6. The van der Waals surface area contributed by atoms with Crippen molar-refractivity contribution in [1.82, 2.24) is 0 Å². The van der Waals surface area contributed by atoms with Crippen LogP contribution in [0, 0.1) is 5.82 Å². The molecule has 0 spiro atoms. The van der Waals surface area contributed by atoms with E-state index in [4.69, 9.17) is 14.2 Å². The number of carbonyl (C=O) groups is 1. The van der Waals surface area contributed by atoms with Crippen molar-refractivity contribution in [2.45, 2.75) is 25.6 Å². The summed E-state index contributed by atoms with van der Waals surface area (Å²) in [5, 5.41) is 9.27. The number of hydrogen-bond donors (Lipinski definition) is 1. The number of methoxy groups -OCH3 is 3. The molecule has 6 heteroatoms. The van der Waals surface area contributed by atoms with Crippen molar-refractivity contribution >= 4 is 17.1 Å². The van der Waals surface area contributed by atoms with Crippen LogP contribution in [0.5, 0.6) is 0 Å². The third kappa shape index (κ3) is 3.66. The van der Waals surface area contributed by atoms with E-state index < -0.39 is 11.8 Å². The van der Waals surface area contributed by atoms with Crippen molar-refractivity contribution < 1.29 is 28.5 Å². The van der Waals surface area contributed by atoms with Crippen LogP contribution >= 0.6 is 0 Å². The molecule has 0 bridgehead atoms. The molecular formula is C22H23FO5. The number of carboxylic acids is 1. The van der Waals surface area contributed by atoms with Crippen molar-refractivity contribution in [2.75, 3.05) is 21.3 Å². The van der Waals surface area contributed by atoms with Gasteiger partial charge in [0.15, 0.2) is 0 Å². The Hall–Kier alpha value is -2.70. The van der Waals surface area contributed by atoms with Crippen LogP contribution in [0.3, 0.4) is 0 Å². The molecule has 3 rings (SSSR count). The molecular weight excluding hydrogens is 363 g/mol. The van der Waals surface area contributed by atoms with Gasteiger partial charge in [0.1, 0.15) is 23.8 Å². The molecule has 0 aromatic heterocycles. The fourth-order valence-corrected chi connectivity index (χ4v) is 3.74. The first kappa shape index (κ1) is 20.0. The highest BCUT2D eigenvalue weighted by Crippen LogP contribution is 2.43. The average molecular weight is 386 g/mol. The smallest absolute Gasteiger partial charge is 0.307 e. The van der Waals surface area contributed by atoms with Gasteiger partial charge < -0.3 is 19.3 Å². The van der Waals surface area contributed by atoms with E-state index in [9.17, 15) is 14.3 Å². The normalized spacial score (nSPS) is 22.8. The molecule has 1 aromatic rings. The first-order valence-electron chi connectivity index (χ1n) is 8.86. The van der Waals surface area contributed by atoms with Gasteiger partial charge in [0.2, 0.25) is 0 Å². The Morgan fingerprint density at radius 2 is 1.96 bits per heavy atom. The first-order valence-corrected chi connectivity index (χ1v) is 8.86. The minimum absolute atomic E-state index is 0.162. The van der Waals surface area contributed by atoms with E-state index in [2.05, 4.69) is 0 Å². The summed E-state index contributed by atoms with van der Waals surface area (Å²) in [5.74, 6) is -0.712. The molecule has 1 aromatic carbocycles. The molecule has 148 valence electrons. The molecule has 1 N–H and O–H groups in total. The third-order valence-corrected chi connectivity index (χ3v) is 5.10. The van der Waals surface area contributed by atoms with E-state index >= 15 is 0 Å². The fourth-order valence-electron chi connectivity index (χ4n) is 3.74. The molecule has 0 saturated carbocycles. The van der Waals surface area contributed by atoms with E-state index in [0.717, 1.165) is 22.3 Å². The number of carboxylic acid groups (broad SMARTS) is 1. The lowest BCUT2D eigenvalue weighted by atomic mass is 9.95. The van der Waals surface area contributed by atoms with Crippen LogP contribution in [0.1, 0.15) is 24.5 Å². The van der Waals surface area contributed by atoms with Gasteiger partial charge in [-0.2, -0.15) is 0 Å².